The summed E-state index contributed by atoms with van der Waals surface area (Å²) < 4.78 is 8.20. The third kappa shape index (κ3) is 3.28. The van der Waals surface area contributed by atoms with E-state index in [0.717, 1.165) is 17.8 Å². The summed E-state index contributed by atoms with van der Waals surface area (Å²) in [5, 5.41) is 2.38. The fourth-order valence-corrected chi connectivity index (χ4v) is 4.14. The van der Waals surface area contributed by atoms with Crippen LogP contribution < -0.4 is 0 Å². The summed E-state index contributed by atoms with van der Waals surface area (Å²) in [6, 6.07) is 24.5. The maximum Gasteiger partial charge on any atom is 0.305 e. The number of fused-ring (bicyclic) bond motifs is 3. The molecule has 0 spiro atoms. The zero-order valence-corrected chi connectivity index (χ0v) is 17.6. The molecule has 5 nitrogen and oxygen atoms in total. The summed E-state index contributed by atoms with van der Waals surface area (Å²) in [7, 11) is 0. The SMILES string of the molecule is CCN1C(=O)/C(=C\c2ccc3c(c2)c2ccccc2n3CC)OC1=Nc1ccccc1. The lowest BCUT2D eigenvalue weighted by Gasteiger charge is -2.09. The van der Waals surface area contributed by atoms with Crippen LogP contribution in [0.4, 0.5) is 5.69 Å². The largest absolute Gasteiger partial charge is 0.419 e. The van der Waals surface area contributed by atoms with Crippen molar-refractivity contribution in [1.82, 2.24) is 9.47 Å². The van der Waals surface area contributed by atoms with Crippen molar-refractivity contribution < 1.29 is 9.53 Å². The highest BCUT2D eigenvalue weighted by molar-refractivity contribution is 6.12. The van der Waals surface area contributed by atoms with Gasteiger partial charge in [0.25, 0.3) is 5.91 Å². The number of aromatic nitrogens is 1. The Morgan fingerprint density at radius 2 is 1.61 bits per heavy atom. The van der Waals surface area contributed by atoms with Gasteiger partial charge < -0.3 is 9.30 Å². The summed E-state index contributed by atoms with van der Waals surface area (Å²) in [4.78, 5) is 19.0. The van der Waals surface area contributed by atoms with Crippen LogP contribution in [0.2, 0.25) is 0 Å². The van der Waals surface area contributed by atoms with E-state index in [4.69, 9.17) is 4.74 Å². The number of amidine groups is 1. The normalized spacial score (nSPS) is 16.7. The van der Waals surface area contributed by atoms with Gasteiger partial charge in [-0.3, -0.25) is 9.69 Å². The molecule has 0 radical (unpaired) electrons. The predicted molar refractivity (Wildman–Crippen MR) is 125 cm³/mol. The van der Waals surface area contributed by atoms with Crippen LogP contribution >= 0.6 is 0 Å². The first-order valence-electron chi connectivity index (χ1n) is 10.6. The van der Waals surface area contributed by atoms with Gasteiger partial charge in [-0.15, -0.1) is 0 Å². The Balaban J connectivity index is 1.56. The van der Waals surface area contributed by atoms with Crippen molar-refractivity contribution in [3.63, 3.8) is 0 Å². The molecule has 3 aromatic carbocycles. The van der Waals surface area contributed by atoms with Crippen LogP contribution in [0.1, 0.15) is 19.4 Å². The van der Waals surface area contributed by atoms with Gasteiger partial charge in [-0.1, -0.05) is 42.5 Å². The van der Waals surface area contributed by atoms with Gasteiger partial charge in [-0.25, -0.2) is 0 Å². The number of rotatable bonds is 4. The monoisotopic (exact) mass is 409 g/mol. The van der Waals surface area contributed by atoms with Gasteiger partial charge in [0.1, 0.15) is 0 Å². The molecule has 0 unspecified atom stereocenters. The molecule has 0 N–H and O–H groups in total. The first-order valence-corrected chi connectivity index (χ1v) is 10.6. The van der Waals surface area contributed by atoms with Gasteiger partial charge in [0.05, 0.1) is 5.69 Å². The number of hydrogen-bond acceptors (Lipinski definition) is 3. The lowest BCUT2D eigenvalue weighted by Crippen LogP contribution is -2.29. The van der Waals surface area contributed by atoms with Crippen molar-refractivity contribution in [2.45, 2.75) is 20.4 Å². The molecule has 154 valence electrons. The molecule has 1 aliphatic rings. The molecule has 0 atom stereocenters. The minimum absolute atomic E-state index is 0.173. The van der Waals surface area contributed by atoms with Crippen molar-refractivity contribution in [2.24, 2.45) is 4.99 Å². The summed E-state index contributed by atoms with van der Waals surface area (Å²) in [6.07, 6.45) is 1.80. The minimum atomic E-state index is -0.173. The molecule has 1 aromatic heterocycles. The lowest BCUT2D eigenvalue weighted by atomic mass is 10.1. The fraction of sp³-hybridized carbons (Fsp3) is 0.154. The Morgan fingerprint density at radius 3 is 2.39 bits per heavy atom. The van der Waals surface area contributed by atoms with Crippen LogP contribution in [0.5, 0.6) is 0 Å². The quantitative estimate of drug-likeness (QED) is 0.405. The molecular weight excluding hydrogens is 386 g/mol. The topological polar surface area (TPSA) is 46.8 Å². The number of carbonyl (C=O) groups is 1. The zero-order valence-electron chi connectivity index (χ0n) is 17.6. The number of aryl methyl sites for hydroxylation is 1. The van der Waals surface area contributed by atoms with Crippen LogP contribution in [0.3, 0.4) is 0 Å². The maximum atomic E-state index is 12.9. The van der Waals surface area contributed by atoms with Crippen molar-refractivity contribution in [3.05, 3.63) is 84.1 Å². The zero-order chi connectivity index (χ0) is 21.4. The molecule has 1 aliphatic heterocycles. The van der Waals surface area contributed by atoms with E-state index < -0.39 is 0 Å². The summed E-state index contributed by atoms with van der Waals surface area (Å²) >= 11 is 0. The maximum absolute atomic E-state index is 12.9. The van der Waals surface area contributed by atoms with Crippen LogP contribution in [0.25, 0.3) is 27.9 Å². The van der Waals surface area contributed by atoms with Gasteiger partial charge in [-0.2, -0.15) is 4.99 Å². The second-order valence-corrected chi connectivity index (χ2v) is 7.43. The number of amides is 1. The van der Waals surface area contributed by atoms with Gasteiger partial charge >= 0.3 is 6.02 Å². The molecule has 1 saturated heterocycles. The Morgan fingerprint density at radius 1 is 0.871 bits per heavy atom. The molecule has 1 amide bonds. The fourth-order valence-electron chi connectivity index (χ4n) is 4.14. The third-order valence-electron chi connectivity index (χ3n) is 5.60. The average Bonchev–Trinajstić information content (AvgIpc) is 3.28. The van der Waals surface area contributed by atoms with Crippen LogP contribution in [0, 0.1) is 0 Å². The molecule has 4 aromatic rings. The van der Waals surface area contributed by atoms with E-state index in [0.29, 0.717) is 12.6 Å². The van der Waals surface area contributed by atoms with E-state index in [-0.39, 0.29) is 11.7 Å². The highest BCUT2D eigenvalue weighted by Crippen LogP contribution is 2.31. The standard InChI is InChI=1S/C26H23N3O2/c1-3-28-22-13-9-8-12-20(22)21-16-18(14-15-23(21)28)17-24-25(30)29(4-2)26(31-24)27-19-10-6-5-7-11-19/h5-17H,3-4H2,1-2H3/b24-17+,27-26?. The van der Waals surface area contributed by atoms with Crippen LogP contribution in [-0.4, -0.2) is 27.9 Å². The van der Waals surface area contributed by atoms with Crippen molar-refractivity contribution in [1.29, 1.82) is 0 Å². The van der Waals surface area contributed by atoms with Gasteiger partial charge in [0, 0.05) is 34.9 Å². The highest BCUT2D eigenvalue weighted by Gasteiger charge is 2.33. The van der Waals surface area contributed by atoms with Crippen LogP contribution in [0.15, 0.2) is 83.5 Å². The van der Waals surface area contributed by atoms with E-state index in [9.17, 15) is 4.79 Å². The smallest absolute Gasteiger partial charge is 0.305 e. The average molecular weight is 409 g/mol. The minimum Gasteiger partial charge on any atom is -0.419 e. The van der Waals surface area contributed by atoms with Crippen molar-refractivity contribution in [3.8, 4) is 0 Å². The first-order chi connectivity index (χ1) is 15.2. The molecule has 0 bridgehead atoms. The Bertz CT molecular complexity index is 1350. The Labute approximate surface area is 180 Å². The number of hydrogen-bond donors (Lipinski definition) is 0. The summed E-state index contributed by atoms with van der Waals surface area (Å²) in [5.41, 5.74) is 4.07. The molecule has 1 fully saturated rings. The van der Waals surface area contributed by atoms with Gasteiger partial charge in [0.15, 0.2) is 5.76 Å². The van der Waals surface area contributed by atoms with Crippen molar-refractivity contribution in [2.75, 3.05) is 6.54 Å². The number of ether oxygens (including phenoxy) is 1. The molecule has 5 heteroatoms. The van der Waals surface area contributed by atoms with E-state index in [1.165, 1.54) is 21.8 Å². The number of aliphatic imine (C=N–C) groups is 1. The van der Waals surface area contributed by atoms with E-state index in [1.54, 1.807) is 11.0 Å². The number of carbonyl (C=O) groups excluding carboxylic acids is 1. The molecule has 0 aliphatic carbocycles. The molecule has 2 heterocycles. The summed E-state index contributed by atoms with van der Waals surface area (Å²) in [5.74, 6) is 0.114. The first kappa shape index (κ1) is 19.1. The third-order valence-corrected chi connectivity index (χ3v) is 5.60. The molecule has 31 heavy (non-hydrogen) atoms. The molecule has 0 saturated carbocycles. The Kier molecular flexibility index (Phi) is 4.79. The number of likely N-dealkylation sites (N-methyl/N-ethyl adjacent to an activating group) is 1. The number of para-hydroxylation sites is 2. The van der Waals surface area contributed by atoms with Gasteiger partial charge in [-0.05, 0) is 55.8 Å². The highest BCUT2D eigenvalue weighted by atomic mass is 16.5. The predicted octanol–water partition coefficient (Wildman–Crippen LogP) is 5.72. The van der Waals surface area contributed by atoms with E-state index in [2.05, 4.69) is 52.9 Å². The van der Waals surface area contributed by atoms with Crippen molar-refractivity contribution >= 4 is 45.5 Å². The summed E-state index contributed by atoms with van der Waals surface area (Å²) in [6.45, 7) is 5.46. The van der Waals surface area contributed by atoms with Gasteiger partial charge in [0.2, 0.25) is 0 Å². The van der Waals surface area contributed by atoms with E-state index in [1.807, 2.05) is 43.3 Å². The van der Waals surface area contributed by atoms with Crippen LogP contribution in [-0.2, 0) is 16.1 Å². The lowest BCUT2D eigenvalue weighted by molar-refractivity contribution is -0.122. The number of nitrogens with zero attached hydrogens (tertiary/aromatic N) is 3. The van der Waals surface area contributed by atoms with E-state index >= 15 is 0 Å². The Hall–Kier alpha value is -3.86. The molecule has 5 rings (SSSR count). The molecular formula is C26H23N3O2. The second-order valence-electron chi connectivity index (χ2n) is 7.43. The second kappa shape index (κ2) is 7.76. The number of benzene rings is 3.